The average Bonchev–Trinajstić information content (AvgIpc) is 3.26. The highest BCUT2D eigenvalue weighted by Gasteiger charge is 2.21. The fourth-order valence-corrected chi connectivity index (χ4v) is 4.90. The molecule has 9 nitrogen and oxygen atoms in total. The summed E-state index contributed by atoms with van der Waals surface area (Å²) in [4.78, 5) is 27.2. The second kappa shape index (κ2) is 8.81. The van der Waals surface area contributed by atoms with Crippen LogP contribution in [-0.2, 0) is 6.54 Å². The molecule has 0 amide bonds. The number of pyridine rings is 2. The summed E-state index contributed by atoms with van der Waals surface area (Å²) in [5.41, 5.74) is 11.1. The van der Waals surface area contributed by atoms with Gasteiger partial charge in [0.25, 0.3) is 5.56 Å². The minimum Gasteiger partial charge on any atom is -0.508 e. The Kier molecular flexibility index (Phi) is 5.41. The van der Waals surface area contributed by atoms with Crippen LogP contribution in [0.2, 0.25) is 0 Å². The Balaban J connectivity index is 1.62. The van der Waals surface area contributed by atoms with Crippen LogP contribution in [0, 0.1) is 20.8 Å². The summed E-state index contributed by atoms with van der Waals surface area (Å²) in [6.45, 7) is 5.91. The maximum atomic E-state index is 13.9. The van der Waals surface area contributed by atoms with E-state index in [0.717, 1.165) is 22.1 Å². The van der Waals surface area contributed by atoms with Gasteiger partial charge in [-0.05, 0) is 61.0 Å². The molecule has 0 saturated heterocycles. The van der Waals surface area contributed by atoms with Crippen molar-refractivity contribution in [3.63, 3.8) is 0 Å². The first-order valence-electron chi connectivity index (χ1n) is 12.2. The lowest BCUT2D eigenvalue weighted by molar-refractivity contribution is 0.471. The number of anilines is 1. The van der Waals surface area contributed by atoms with Crippen molar-refractivity contribution in [1.82, 2.24) is 29.3 Å². The highest BCUT2D eigenvalue weighted by molar-refractivity contribution is 5.98. The first-order valence-corrected chi connectivity index (χ1v) is 12.2. The molecule has 0 radical (unpaired) electrons. The van der Waals surface area contributed by atoms with Crippen LogP contribution in [-0.4, -0.2) is 34.4 Å². The predicted octanol–water partition coefficient (Wildman–Crippen LogP) is 4.45. The van der Waals surface area contributed by atoms with E-state index >= 15 is 0 Å². The number of aromatic hydroxyl groups is 1. The topological polar surface area (TPSA) is 125 Å². The number of aromatic nitrogens is 6. The van der Waals surface area contributed by atoms with E-state index in [2.05, 4.69) is 15.0 Å². The highest BCUT2D eigenvalue weighted by Crippen LogP contribution is 2.33. The molecule has 0 aliphatic heterocycles. The van der Waals surface area contributed by atoms with E-state index in [1.54, 1.807) is 21.5 Å². The number of phenolic OH excluding ortho intramolecular Hbond substituents is 1. The van der Waals surface area contributed by atoms with E-state index in [0.29, 0.717) is 39.2 Å². The molecule has 9 heteroatoms. The quantitative estimate of drug-likeness (QED) is 0.364. The molecular formula is C29H25N7O2. The van der Waals surface area contributed by atoms with Crippen molar-refractivity contribution in [2.45, 2.75) is 27.3 Å². The van der Waals surface area contributed by atoms with E-state index in [9.17, 15) is 9.90 Å². The Morgan fingerprint density at radius 3 is 2.50 bits per heavy atom. The van der Waals surface area contributed by atoms with Crippen molar-refractivity contribution in [3.8, 4) is 22.8 Å². The monoisotopic (exact) mass is 503 g/mol. The summed E-state index contributed by atoms with van der Waals surface area (Å²) in [5, 5.41) is 17.3. The standard InChI is InChI=1S/C29H25N7O2/c1-16-9-10-20(13-22(16)37)25-24-26(30)32-15-33-28(24)35(34-25)14-21-12-19-8-4-6-17(2)23(19)29(38)36(21)27-18(3)7-5-11-31-27/h4-13,15,37H,14H2,1-3H3,(H2,30,32,33). The first-order chi connectivity index (χ1) is 18.3. The van der Waals surface area contributed by atoms with Crippen molar-refractivity contribution in [2.75, 3.05) is 5.73 Å². The van der Waals surface area contributed by atoms with Gasteiger partial charge in [0.15, 0.2) is 5.65 Å². The lowest BCUT2D eigenvalue weighted by Gasteiger charge is -2.16. The van der Waals surface area contributed by atoms with Gasteiger partial charge < -0.3 is 10.8 Å². The molecule has 38 heavy (non-hydrogen) atoms. The van der Waals surface area contributed by atoms with Crippen molar-refractivity contribution in [3.05, 3.63) is 99.9 Å². The summed E-state index contributed by atoms with van der Waals surface area (Å²) < 4.78 is 3.37. The van der Waals surface area contributed by atoms with Crippen LogP contribution in [0.4, 0.5) is 5.82 Å². The Labute approximate surface area is 217 Å². The van der Waals surface area contributed by atoms with E-state index < -0.39 is 0 Å². The summed E-state index contributed by atoms with van der Waals surface area (Å²) in [6, 6.07) is 16.9. The molecule has 6 aromatic rings. The van der Waals surface area contributed by atoms with Crippen LogP contribution in [0.3, 0.4) is 0 Å². The summed E-state index contributed by atoms with van der Waals surface area (Å²) in [5.74, 6) is 1.00. The van der Waals surface area contributed by atoms with Gasteiger partial charge in [0.1, 0.15) is 29.4 Å². The Hall–Kier alpha value is -5.05. The normalized spacial score (nSPS) is 11.4. The minimum absolute atomic E-state index is 0.147. The largest absolute Gasteiger partial charge is 0.508 e. The van der Waals surface area contributed by atoms with Crippen molar-refractivity contribution >= 4 is 27.6 Å². The van der Waals surface area contributed by atoms with E-state index in [1.807, 2.05) is 69.3 Å². The maximum Gasteiger partial charge on any atom is 0.264 e. The van der Waals surface area contributed by atoms with Crippen LogP contribution in [0.25, 0.3) is 38.9 Å². The fourth-order valence-electron chi connectivity index (χ4n) is 4.90. The third kappa shape index (κ3) is 3.67. The number of hydrogen-bond donors (Lipinski definition) is 2. The van der Waals surface area contributed by atoms with Gasteiger partial charge in [-0.15, -0.1) is 0 Å². The molecule has 0 bridgehead atoms. The van der Waals surface area contributed by atoms with Crippen LogP contribution in [0.15, 0.2) is 71.9 Å². The smallest absolute Gasteiger partial charge is 0.264 e. The molecule has 0 aliphatic carbocycles. The number of nitrogen functional groups attached to an aromatic ring is 1. The zero-order valence-electron chi connectivity index (χ0n) is 21.2. The van der Waals surface area contributed by atoms with Gasteiger partial charge in [0.05, 0.1) is 23.0 Å². The maximum absolute atomic E-state index is 13.9. The number of aryl methyl sites for hydroxylation is 3. The molecule has 0 saturated carbocycles. The van der Waals surface area contributed by atoms with E-state index in [1.165, 1.54) is 6.33 Å². The van der Waals surface area contributed by atoms with Crippen LogP contribution in [0.5, 0.6) is 5.75 Å². The van der Waals surface area contributed by atoms with Crippen LogP contribution < -0.4 is 11.3 Å². The number of benzene rings is 2. The van der Waals surface area contributed by atoms with Crippen molar-refractivity contribution in [2.24, 2.45) is 0 Å². The summed E-state index contributed by atoms with van der Waals surface area (Å²) in [7, 11) is 0. The molecule has 2 aromatic carbocycles. The molecule has 6 rings (SSSR count). The predicted molar refractivity (Wildman–Crippen MR) is 147 cm³/mol. The third-order valence-electron chi connectivity index (χ3n) is 6.88. The van der Waals surface area contributed by atoms with Gasteiger partial charge in [-0.1, -0.05) is 36.4 Å². The summed E-state index contributed by atoms with van der Waals surface area (Å²) in [6.07, 6.45) is 3.08. The second-order valence-electron chi connectivity index (χ2n) is 9.42. The zero-order valence-corrected chi connectivity index (χ0v) is 21.2. The lowest BCUT2D eigenvalue weighted by Crippen LogP contribution is -2.25. The van der Waals surface area contributed by atoms with Crippen LogP contribution in [0.1, 0.15) is 22.4 Å². The molecule has 0 atom stereocenters. The van der Waals surface area contributed by atoms with Gasteiger partial charge in [0.2, 0.25) is 0 Å². The Morgan fingerprint density at radius 1 is 0.895 bits per heavy atom. The SMILES string of the molecule is Cc1ccc(-c2nn(Cc3cc4cccc(C)c4c(=O)n3-c3ncccc3C)c3ncnc(N)c23)cc1O. The first kappa shape index (κ1) is 23.4. The molecule has 4 aromatic heterocycles. The van der Waals surface area contributed by atoms with Gasteiger partial charge in [-0.25, -0.2) is 19.6 Å². The lowest BCUT2D eigenvalue weighted by atomic mass is 10.1. The van der Waals surface area contributed by atoms with E-state index in [4.69, 9.17) is 10.8 Å². The minimum atomic E-state index is -0.147. The molecule has 0 fully saturated rings. The van der Waals surface area contributed by atoms with Gasteiger partial charge >= 0.3 is 0 Å². The van der Waals surface area contributed by atoms with E-state index in [-0.39, 0.29) is 23.7 Å². The number of nitrogens with two attached hydrogens (primary N) is 1. The highest BCUT2D eigenvalue weighted by atomic mass is 16.3. The molecule has 0 aliphatic rings. The number of fused-ring (bicyclic) bond motifs is 2. The molecule has 0 spiro atoms. The zero-order chi connectivity index (χ0) is 26.6. The van der Waals surface area contributed by atoms with Crippen LogP contribution >= 0.6 is 0 Å². The summed E-state index contributed by atoms with van der Waals surface area (Å²) >= 11 is 0. The Bertz CT molecular complexity index is 1940. The number of nitrogens with zero attached hydrogens (tertiary/aromatic N) is 6. The molecular weight excluding hydrogens is 478 g/mol. The molecule has 0 unspecified atom stereocenters. The van der Waals surface area contributed by atoms with Gasteiger partial charge in [-0.2, -0.15) is 5.10 Å². The molecule has 3 N–H and O–H groups in total. The molecule has 188 valence electrons. The number of rotatable bonds is 4. The fraction of sp³-hybridized carbons (Fsp3) is 0.138. The van der Waals surface area contributed by atoms with Crippen molar-refractivity contribution < 1.29 is 5.11 Å². The van der Waals surface area contributed by atoms with Crippen molar-refractivity contribution in [1.29, 1.82) is 0 Å². The van der Waals surface area contributed by atoms with Gasteiger partial charge in [-0.3, -0.25) is 9.36 Å². The average molecular weight is 504 g/mol. The molecule has 4 heterocycles. The van der Waals surface area contributed by atoms with Gasteiger partial charge in [0, 0.05) is 11.8 Å². The second-order valence-corrected chi connectivity index (χ2v) is 9.42. The number of hydrogen-bond acceptors (Lipinski definition) is 7. The third-order valence-corrected chi connectivity index (χ3v) is 6.88. The Morgan fingerprint density at radius 2 is 1.71 bits per heavy atom. The number of phenols is 1.